The van der Waals surface area contributed by atoms with E-state index in [0.29, 0.717) is 30.2 Å². The molecule has 2 aliphatic heterocycles. The summed E-state index contributed by atoms with van der Waals surface area (Å²) >= 11 is 5.97. The van der Waals surface area contributed by atoms with Crippen LogP contribution in [0.25, 0.3) is 0 Å². The molecule has 2 aliphatic rings. The quantitative estimate of drug-likeness (QED) is 0.861. The largest absolute Gasteiger partial charge is 0.480 e. The number of rotatable bonds is 4. The zero-order valence-corrected chi connectivity index (χ0v) is 14.6. The van der Waals surface area contributed by atoms with Crippen molar-refractivity contribution >= 4 is 23.5 Å². The van der Waals surface area contributed by atoms with Gasteiger partial charge < -0.3 is 10.0 Å². The molecule has 1 amide bonds. The van der Waals surface area contributed by atoms with Crippen LogP contribution in [0.4, 0.5) is 0 Å². The molecule has 3 rings (SSSR count). The number of carboxylic acid groups (broad SMARTS) is 1. The number of hydrogen-bond acceptors (Lipinski definition) is 4. The molecule has 1 aromatic heterocycles. The predicted octanol–water partition coefficient (Wildman–Crippen LogP) is 1.85. The van der Waals surface area contributed by atoms with E-state index in [1.165, 1.54) is 6.20 Å². The third kappa shape index (κ3) is 3.15. The van der Waals surface area contributed by atoms with Gasteiger partial charge in [0.2, 0.25) is 0 Å². The molecule has 132 valence electrons. The lowest BCUT2D eigenvalue weighted by atomic mass is 9.76. The van der Waals surface area contributed by atoms with Crippen molar-refractivity contribution in [2.75, 3.05) is 26.2 Å². The Morgan fingerprint density at radius 1 is 1.46 bits per heavy atom. The first-order valence-electron chi connectivity index (χ1n) is 8.41. The summed E-state index contributed by atoms with van der Waals surface area (Å²) in [7, 11) is 0. The van der Waals surface area contributed by atoms with Crippen molar-refractivity contribution in [2.24, 2.45) is 5.41 Å². The van der Waals surface area contributed by atoms with E-state index in [2.05, 4.69) is 22.0 Å². The predicted molar refractivity (Wildman–Crippen MR) is 89.1 cm³/mol. The molecule has 1 aromatic rings. The van der Waals surface area contributed by atoms with E-state index < -0.39 is 12.0 Å². The smallest absolute Gasteiger partial charge is 0.320 e. The van der Waals surface area contributed by atoms with Crippen molar-refractivity contribution < 1.29 is 14.7 Å². The number of aromatic nitrogens is 2. The molecule has 24 heavy (non-hydrogen) atoms. The number of halogens is 1. The molecular weight excluding hydrogens is 332 g/mol. The minimum absolute atomic E-state index is 0.00673. The molecule has 2 fully saturated rings. The first-order valence-corrected chi connectivity index (χ1v) is 8.78. The molecule has 2 N–H and O–H groups in total. The molecule has 1 spiro atoms. The zero-order valence-electron chi connectivity index (χ0n) is 13.8. The van der Waals surface area contributed by atoms with E-state index in [1.54, 1.807) is 4.90 Å². The molecule has 0 radical (unpaired) electrons. The SMILES string of the molecule is CCCN1CC2(CCN(C(=O)c3[nH]ncc3Cl)CC2)C[C@H]1C(=O)O. The number of nitrogens with zero attached hydrogens (tertiary/aromatic N) is 3. The van der Waals surface area contributed by atoms with Gasteiger partial charge in [0.05, 0.1) is 11.2 Å². The number of nitrogens with one attached hydrogen (secondary N) is 1. The Balaban J connectivity index is 1.65. The monoisotopic (exact) mass is 354 g/mol. The lowest BCUT2D eigenvalue weighted by molar-refractivity contribution is -0.142. The second-order valence-electron chi connectivity index (χ2n) is 6.91. The van der Waals surface area contributed by atoms with E-state index in [9.17, 15) is 14.7 Å². The molecule has 0 aromatic carbocycles. The van der Waals surface area contributed by atoms with Gasteiger partial charge in [-0.2, -0.15) is 5.10 Å². The van der Waals surface area contributed by atoms with E-state index in [-0.39, 0.29) is 11.3 Å². The number of carboxylic acids is 1. The van der Waals surface area contributed by atoms with Crippen LogP contribution >= 0.6 is 11.6 Å². The first kappa shape index (κ1) is 17.2. The molecule has 7 nitrogen and oxygen atoms in total. The lowest BCUT2D eigenvalue weighted by Gasteiger charge is -2.39. The fourth-order valence-electron chi connectivity index (χ4n) is 4.04. The average Bonchev–Trinajstić information content (AvgIpc) is 3.12. The third-order valence-corrected chi connectivity index (χ3v) is 5.61. The van der Waals surface area contributed by atoms with Crippen LogP contribution in [-0.2, 0) is 4.79 Å². The van der Waals surface area contributed by atoms with Gasteiger partial charge in [0, 0.05) is 19.6 Å². The normalized spacial score (nSPS) is 23.8. The van der Waals surface area contributed by atoms with Gasteiger partial charge in [0.15, 0.2) is 0 Å². The van der Waals surface area contributed by atoms with Crippen LogP contribution in [0.5, 0.6) is 0 Å². The van der Waals surface area contributed by atoms with Crippen LogP contribution in [0.2, 0.25) is 5.02 Å². The van der Waals surface area contributed by atoms with Gasteiger partial charge in [-0.25, -0.2) is 0 Å². The molecule has 0 bridgehead atoms. The van der Waals surface area contributed by atoms with E-state index in [1.807, 2.05) is 0 Å². The Labute approximate surface area is 146 Å². The maximum atomic E-state index is 12.5. The van der Waals surface area contributed by atoms with Crippen molar-refractivity contribution in [2.45, 2.75) is 38.6 Å². The van der Waals surface area contributed by atoms with E-state index in [0.717, 1.165) is 32.4 Å². The summed E-state index contributed by atoms with van der Waals surface area (Å²) in [5.41, 5.74) is 0.335. The summed E-state index contributed by atoms with van der Waals surface area (Å²) in [5, 5.41) is 16.3. The Morgan fingerprint density at radius 2 is 2.17 bits per heavy atom. The number of likely N-dealkylation sites (tertiary alicyclic amines) is 2. The highest BCUT2D eigenvalue weighted by Gasteiger charge is 2.48. The Morgan fingerprint density at radius 3 is 2.71 bits per heavy atom. The Bertz CT molecular complexity index is 625. The van der Waals surface area contributed by atoms with Gasteiger partial charge in [-0.1, -0.05) is 18.5 Å². The standard InChI is InChI=1S/C16H23ClN4O3/c1-2-5-21-10-16(8-12(21)15(23)24)3-6-20(7-4-16)14(22)13-11(17)9-18-19-13/h9,12H,2-8,10H2,1H3,(H,18,19)(H,23,24)/t12-/m0/s1. The number of piperidine rings is 1. The van der Waals surface area contributed by atoms with Crippen LogP contribution in [0.1, 0.15) is 43.1 Å². The second-order valence-corrected chi connectivity index (χ2v) is 7.32. The molecule has 1 atom stereocenters. The molecule has 0 unspecified atom stereocenters. The van der Waals surface area contributed by atoms with Crippen molar-refractivity contribution in [3.05, 3.63) is 16.9 Å². The Hall–Kier alpha value is -1.60. The lowest BCUT2D eigenvalue weighted by Crippen LogP contribution is -2.44. The summed E-state index contributed by atoms with van der Waals surface area (Å²) in [6.45, 7) is 4.94. The van der Waals surface area contributed by atoms with Crippen LogP contribution in [0, 0.1) is 5.41 Å². The van der Waals surface area contributed by atoms with Gasteiger partial charge in [0.25, 0.3) is 5.91 Å². The molecule has 0 saturated carbocycles. The van der Waals surface area contributed by atoms with Crippen LogP contribution in [0.3, 0.4) is 0 Å². The number of carbonyl (C=O) groups is 2. The molecule has 3 heterocycles. The van der Waals surface area contributed by atoms with Crippen molar-refractivity contribution in [1.82, 2.24) is 20.0 Å². The van der Waals surface area contributed by atoms with Gasteiger partial charge in [-0.05, 0) is 37.6 Å². The Kier molecular flexibility index (Phi) is 4.83. The number of amides is 1. The van der Waals surface area contributed by atoms with Crippen molar-refractivity contribution in [3.8, 4) is 0 Å². The number of aliphatic carboxylic acids is 1. The van der Waals surface area contributed by atoms with E-state index in [4.69, 9.17) is 11.6 Å². The number of hydrogen-bond donors (Lipinski definition) is 2. The molecule has 2 saturated heterocycles. The van der Waals surface area contributed by atoms with Gasteiger partial charge in [0.1, 0.15) is 11.7 Å². The highest BCUT2D eigenvalue weighted by atomic mass is 35.5. The third-order valence-electron chi connectivity index (χ3n) is 5.32. The summed E-state index contributed by atoms with van der Waals surface area (Å²) in [6.07, 6.45) is 4.71. The van der Waals surface area contributed by atoms with Gasteiger partial charge >= 0.3 is 5.97 Å². The summed E-state index contributed by atoms with van der Waals surface area (Å²) in [6, 6.07) is -0.394. The van der Waals surface area contributed by atoms with Crippen molar-refractivity contribution in [3.63, 3.8) is 0 Å². The fourth-order valence-corrected chi connectivity index (χ4v) is 4.21. The minimum Gasteiger partial charge on any atom is -0.480 e. The molecule has 0 aliphatic carbocycles. The number of carbonyl (C=O) groups excluding carboxylic acids is 1. The van der Waals surface area contributed by atoms with Gasteiger partial charge in [-0.3, -0.25) is 19.6 Å². The average molecular weight is 355 g/mol. The minimum atomic E-state index is -0.733. The summed E-state index contributed by atoms with van der Waals surface area (Å²) < 4.78 is 0. The summed E-state index contributed by atoms with van der Waals surface area (Å²) in [5.74, 6) is -0.867. The molecule has 8 heteroatoms. The highest BCUT2D eigenvalue weighted by Crippen LogP contribution is 2.43. The van der Waals surface area contributed by atoms with Crippen LogP contribution in [0.15, 0.2) is 6.20 Å². The van der Waals surface area contributed by atoms with Crippen LogP contribution < -0.4 is 0 Å². The first-order chi connectivity index (χ1) is 11.5. The summed E-state index contributed by atoms with van der Waals surface area (Å²) in [4.78, 5) is 27.9. The fraction of sp³-hybridized carbons (Fsp3) is 0.688. The number of aromatic amines is 1. The maximum Gasteiger partial charge on any atom is 0.320 e. The van der Waals surface area contributed by atoms with E-state index >= 15 is 0 Å². The number of H-pyrrole nitrogens is 1. The van der Waals surface area contributed by atoms with Crippen molar-refractivity contribution in [1.29, 1.82) is 0 Å². The maximum absolute atomic E-state index is 12.5. The molecular formula is C16H23ClN4O3. The topological polar surface area (TPSA) is 89.5 Å². The highest BCUT2D eigenvalue weighted by molar-refractivity contribution is 6.33. The van der Waals surface area contributed by atoms with Gasteiger partial charge in [-0.15, -0.1) is 0 Å². The van der Waals surface area contributed by atoms with Crippen LogP contribution in [-0.4, -0.2) is 69.2 Å². The zero-order chi connectivity index (χ0) is 17.3. The second kappa shape index (κ2) is 6.72.